The quantitative estimate of drug-likeness (QED) is 0.777. The van der Waals surface area contributed by atoms with Gasteiger partial charge in [-0.1, -0.05) is 25.1 Å². The summed E-state index contributed by atoms with van der Waals surface area (Å²) in [6.45, 7) is 7.74. The molecule has 1 heterocycles. The maximum absolute atomic E-state index is 12.7. The lowest BCUT2D eigenvalue weighted by Crippen LogP contribution is -2.46. The van der Waals surface area contributed by atoms with E-state index in [9.17, 15) is 4.79 Å². The SMILES string of the molecule is CCN1CCN(c2ccc(/C=C3/Cc4ccc(OC)cc4C3=O)cc2)CC1. The third-order valence-electron chi connectivity index (χ3n) is 5.65. The summed E-state index contributed by atoms with van der Waals surface area (Å²) in [4.78, 5) is 17.6. The van der Waals surface area contributed by atoms with Crippen molar-refractivity contribution in [1.29, 1.82) is 0 Å². The lowest BCUT2D eigenvalue weighted by Gasteiger charge is -2.35. The van der Waals surface area contributed by atoms with E-state index in [0.717, 1.165) is 60.7 Å². The molecule has 2 aromatic rings. The minimum Gasteiger partial charge on any atom is -0.497 e. The lowest BCUT2D eigenvalue weighted by molar-refractivity contribution is 0.104. The number of rotatable bonds is 4. The van der Waals surface area contributed by atoms with Gasteiger partial charge in [0.2, 0.25) is 0 Å². The monoisotopic (exact) mass is 362 g/mol. The van der Waals surface area contributed by atoms with Crippen molar-refractivity contribution < 1.29 is 9.53 Å². The molecule has 1 fully saturated rings. The van der Waals surface area contributed by atoms with Crippen LogP contribution in [-0.4, -0.2) is 50.5 Å². The molecule has 0 bridgehead atoms. The molecule has 0 N–H and O–H groups in total. The Kier molecular flexibility index (Phi) is 4.99. The molecule has 140 valence electrons. The van der Waals surface area contributed by atoms with Crippen molar-refractivity contribution >= 4 is 17.5 Å². The number of ether oxygens (including phenoxy) is 1. The van der Waals surface area contributed by atoms with Crippen LogP contribution in [0.5, 0.6) is 5.75 Å². The number of carbonyl (C=O) groups excluding carboxylic acids is 1. The number of allylic oxidation sites excluding steroid dienone is 1. The molecule has 1 aliphatic carbocycles. The van der Waals surface area contributed by atoms with Gasteiger partial charge in [-0.25, -0.2) is 0 Å². The Morgan fingerprint density at radius 1 is 1.04 bits per heavy atom. The molecule has 0 saturated carbocycles. The van der Waals surface area contributed by atoms with Gasteiger partial charge in [-0.2, -0.15) is 0 Å². The van der Waals surface area contributed by atoms with Crippen LogP contribution in [0.1, 0.15) is 28.4 Å². The molecule has 1 aliphatic heterocycles. The molecular weight excluding hydrogens is 336 g/mol. The summed E-state index contributed by atoms with van der Waals surface area (Å²) in [5, 5.41) is 0. The Labute approximate surface area is 161 Å². The van der Waals surface area contributed by atoms with Crippen molar-refractivity contribution in [3.8, 4) is 5.75 Å². The van der Waals surface area contributed by atoms with Gasteiger partial charge in [-0.15, -0.1) is 0 Å². The fourth-order valence-electron chi connectivity index (χ4n) is 3.93. The van der Waals surface area contributed by atoms with Gasteiger partial charge < -0.3 is 14.5 Å². The van der Waals surface area contributed by atoms with Crippen LogP contribution < -0.4 is 9.64 Å². The van der Waals surface area contributed by atoms with Crippen LogP contribution in [0, 0.1) is 0 Å². The van der Waals surface area contributed by atoms with Crippen LogP contribution in [0.4, 0.5) is 5.69 Å². The van der Waals surface area contributed by atoms with E-state index in [1.165, 1.54) is 5.69 Å². The molecule has 0 radical (unpaired) electrons. The van der Waals surface area contributed by atoms with E-state index in [0.29, 0.717) is 6.42 Å². The average molecular weight is 362 g/mol. The summed E-state index contributed by atoms with van der Waals surface area (Å²) in [7, 11) is 1.63. The highest BCUT2D eigenvalue weighted by molar-refractivity contribution is 6.15. The average Bonchev–Trinajstić information content (AvgIpc) is 3.03. The number of piperazine rings is 1. The van der Waals surface area contributed by atoms with Crippen LogP contribution in [0.3, 0.4) is 0 Å². The summed E-state index contributed by atoms with van der Waals surface area (Å²) in [6, 6.07) is 14.3. The van der Waals surface area contributed by atoms with Crippen LogP contribution in [0.15, 0.2) is 48.0 Å². The standard InChI is InChI=1S/C23H26N2O2/c1-3-24-10-12-25(13-11-24)20-7-4-17(5-8-20)14-19-15-18-6-9-21(27-2)16-22(18)23(19)26/h4-9,14,16H,3,10-13,15H2,1-2H3/b19-14-. The Balaban J connectivity index is 1.48. The topological polar surface area (TPSA) is 32.8 Å². The minimum absolute atomic E-state index is 0.115. The van der Waals surface area contributed by atoms with Crippen molar-refractivity contribution in [2.24, 2.45) is 0 Å². The zero-order chi connectivity index (χ0) is 18.8. The predicted octanol–water partition coefficient (Wildman–Crippen LogP) is 3.66. The number of nitrogens with zero attached hydrogens (tertiary/aromatic N) is 2. The first-order valence-corrected chi connectivity index (χ1v) is 9.67. The molecule has 0 amide bonds. The van der Waals surface area contributed by atoms with Gasteiger partial charge in [0, 0.05) is 49.4 Å². The van der Waals surface area contributed by atoms with Crippen molar-refractivity contribution in [2.75, 3.05) is 44.7 Å². The third kappa shape index (κ3) is 3.62. The zero-order valence-corrected chi connectivity index (χ0v) is 16.1. The van der Waals surface area contributed by atoms with Crippen molar-refractivity contribution in [1.82, 2.24) is 4.90 Å². The van der Waals surface area contributed by atoms with Gasteiger partial charge in [0.05, 0.1) is 7.11 Å². The maximum atomic E-state index is 12.7. The fraction of sp³-hybridized carbons (Fsp3) is 0.348. The smallest absolute Gasteiger partial charge is 0.189 e. The highest BCUT2D eigenvalue weighted by atomic mass is 16.5. The van der Waals surface area contributed by atoms with E-state index in [2.05, 4.69) is 41.0 Å². The fourth-order valence-corrected chi connectivity index (χ4v) is 3.93. The second-order valence-electron chi connectivity index (χ2n) is 7.21. The zero-order valence-electron chi connectivity index (χ0n) is 16.1. The van der Waals surface area contributed by atoms with E-state index in [4.69, 9.17) is 4.74 Å². The number of likely N-dealkylation sites (N-methyl/N-ethyl adjacent to an activating group) is 1. The van der Waals surface area contributed by atoms with Gasteiger partial charge in [0.25, 0.3) is 0 Å². The number of fused-ring (bicyclic) bond motifs is 1. The first kappa shape index (κ1) is 17.8. The summed E-state index contributed by atoms with van der Waals surface area (Å²) < 4.78 is 5.25. The molecule has 4 nitrogen and oxygen atoms in total. The normalized spacial score (nSPS) is 18.8. The number of ketones is 1. The number of hydrogen-bond acceptors (Lipinski definition) is 4. The molecule has 4 rings (SSSR count). The molecular formula is C23H26N2O2. The van der Waals surface area contributed by atoms with Crippen LogP contribution in [-0.2, 0) is 6.42 Å². The number of hydrogen-bond donors (Lipinski definition) is 0. The largest absolute Gasteiger partial charge is 0.497 e. The van der Waals surface area contributed by atoms with Crippen molar-refractivity contribution in [2.45, 2.75) is 13.3 Å². The second kappa shape index (κ2) is 7.57. The molecule has 0 atom stereocenters. The van der Waals surface area contributed by atoms with Crippen LogP contribution in [0.2, 0.25) is 0 Å². The molecule has 27 heavy (non-hydrogen) atoms. The van der Waals surface area contributed by atoms with Crippen molar-refractivity contribution in [3.63, 3.8) is 0 Å². The second-order valence-corrected chi connectivity index (χ2v) is 7.21. The Hall–Kier alpha value is -2.59. The molecule has 2 aliphatic rings. The van der Waals surface area contributed by atoms with Gasteiger partial charge in [-0.3, -0.25) is 4.79 Å². The molecule has 0 unspecified atom stereocenters. The minimum atomic E-state index is 0.115. The summed E-state index contributed by atoms with van der Waals surface area (Å²) in [5.74, 6) is 0.847. The van der Waals surface area contributed by atoms with Crippen LogP contribution >= 0.6 is 0 Å². The molecule has 0 aromatic heterocycles. The van der Waals surface area contributed by atoms with E-state index < -0.39 is 0 Å². The third-order valence-corrected chi connectivity index (χ3v) is 5.65. The van der Waals surface area contributed by atoms with Crippen LogP contribution in [0.25, 0.3) is 6.08 Å². The Bertz CT molecular complexity index is 862. The first-order chi connectivity index (χ1) is 13.2. The first-order valence-electron chi connectivity index (χ1n) is 9.67. The number of Topliss-reactive ketones (excluding diaryl/α,β-unsaturated/α-hetero) is 1. The van der Waals surface area contributed by atoms with Gasteiger partial charge in [0.1, 0.15) is 5.75 Å². The van der Waals surface area contributed by atoms with E-state index in [1.807, 2.05) is 24.3 Å². The van der Waals surface area contributed by atoms with Gasteiger partial charge in [0.15, 0.2) is 5.78 Å². The lowest BCUT2D eigenvalue weighted by atomic mass is 10.1. The van der Waals surface area contributed by atoms with Gasteiger partial charge >= 0.3 is 0 Å². The number of benzene rings is 2. The van der Waals surface area contributed by atoms with Gasteiger partial charge in [-0.05, 0) is 48.0 Å². The molecule has 2 aromatic carbocycles. The Morgan fingerprint density at radius 2 is 1.78 bits per heavy atom. The summed E-state index contributed by atoms with van der Waals surface area (Å²) in [6.07, 6.45) is 2.71. The highest BCUT2D eigenvalue weighted by Gasteiger charge is 2.25. The van der Waals surface area contributed by atoms with Crippen molar-refractivity contribution in [3.05, 3.63) is 64.7 Å². The predicted molar refractivity (Wildman–Crippen MR) is 110 cm³/mol. The summed E-state index contributed by atoms with van der Waals surface area (Å²) >= 11 is 0. The highest BCUT2D eigenvalue weighted by Crippen LogP contribution is 2.31. The van der Waals surface area contributed by atoms with E-state index in [1.54, 1.807) is 7.11 Å². The molecule has 1 saturated heterocycles. The summed E-state index contributed by atoms with van der Waals surface area (Å²) in [5.41, 5.74) is 5.04. The van der Waals surface area contributed by atoms with E-state index in [-0.39, 0.29) is 5.78 Å². The maximum Gasteiger partial charge on any atom is 0.189 e. The Morgan fingerprint density at radius 3 is 2.44 bits per heavy atom. The number of anilines is 1. The number of carbonyl (C=O) groups is 1. The van der Waals surface area contributed by atoms with E-state index >= 15 is 0 Å². The molecule has 4 heteroatoms. The molecule has 0 spiro atoms. The number of methoxy groups -OCH3 is 1.